The molecule has 0 fully saturated rings. The van der Waals surface area contributed by atoms with Crippen LogP contribution in [-0.4, -0.2) is 4.57 Å². The van der Waals surface area contributed by atoms with Crippen molar-refractivity contribution in [2.75, 3.05) is 4.90 Å². The van der Waals surface area contributed by atoms with Gasteiger partial charge in [-0.25, -0.2) is 0 Å². The number of fused-ring (bicyclic) bond motifs is 9. The summed E-state index contributed by atoms with van der Waals surface area (Å²) in [7, 11) is 0. The third-order valence-electron chi connectivity index (χ3n) is 14.4. The normalized spacial score (nSPS) is 11.7. The summed E-state index contributed by atoms with van der Waals surface area (Å²) >= 11 is 0. The summed E-state index contributed by atoms with van der Waals surface area (Å²) in [4.78, 5) is 2.39. The number of rotatable bonds is 8. The Morgan fingerprint density at radius 2 is 0.817 bits per heavy atom. The number of nitrogens with zero attached hydrogens (tertiary/aromatic N) is 2. The summed E-state index contributed by atoms with van der Waals surface area (Å²) in [5, 5.41) is 9.54. The van der Waals surface area contributed by atoms with Crippen LogP contribution in [-0.2, 0) is 0 Å². The molecule has 0 radical (unpaired) electrons. The number of hydrogen-bond donors (Lipinski definition) is 0. The molecule has 0 spiro atoms. The van der Waals surface area contributed by atoms with Crippen LogP contribution in [0.15, 0.2) is 271 Å². The maximum atomic E-state index is 6.57. The van der Waals surface area contributed by atoms with Crippen molar-refractivity contribution >= 4 is 82.4 Å². The molecule has 0 aliphatic carbocycles. The zero-order valence-corrected chi connectivity index (χ0v) is 38.7. The van der Waals surface area contributed by atoms with Crippen LogP contribution in [0.1, 0.15) is 0 Å². The zero-order chi connectivity index (χ0) is 46.8. The molecule has 332 valence electrons. The quantitative estimate of drug-likeness (QED) is 0.151. The molecular formula is C68H44N2O. The van der Waals surface area contributed by atoms with Gasteiger partial charge in [-0.1, -0.05) is 188 Å². The fourth-order valence-corrected chi connectivity index (χ4v) is 10.9. The van der Waals surface area contributed by atoms with Gasteiger partial charge in [0.15, 0.2) is 0 Å². The van der Waals surface area contributed by atoms with Gasteiger partial charge in [-0.15, -0.1) is 0 Å². The van der Waals surface area contributed by atoms with Crippen molar-refractivity contribution in [3.8, 4) is 50.2 Å². The Bertz CT molecular complexity index is 4280. The fraction of sp³-hybridized carbons (Fsp3) is 0. The molecule has 0 unspecified atom stereocenters. The largest absolute Gasteiger partial charge is 0.455 e. The summed E-state index contributed by atoms with van der Waals surface area (Å²) in [6.07, 6.45) is 0. The molecule has 14 rings (SSSR count). The van der Waals surface area contributed by atoms with Crippen molar-refractivity contribution in [2.24, 2.45) is 0 Å². The average molecular weight is 905 g/mol. The molecule has 2 aromatic heterocycles. The smallest absolute Gasteiger partial charge is 0.143 e. The van der Waals surface area contributed by atoms with Gasteiger partial charge >= 0.3 is 0 Å². The minimum absolute atomic E-state index is 0.883. The Balaban J connectivity index is 0.856. The topological polar surface area (TPSA) is 21.3 Å². The molecule has 12 aromatic carbocycles. The predicted molar refractivity (Wildman–Crippen MR) is 299 cm³/mol. The minimum Gasteiger partial charge on any atom is -0.455 e. The van der Waals surface area contributed by atoms with Crippen molar-refractivity contribution in [1.82, 2.24) is 4.57 Å². The fourth-order valence-electron chi connectivity index (χ4n) is 10.9. The van der Waals surface area contributed by atoms with Crippen LogP contribution in [0.5, 0.6) is 0 Å². The Morgan fingerprint density at radius 3 is 1.52 bits per heavy atom. The van der Waals surface area contributed by atoms with Crippen molar-refractivity contribution in [1.29, 1.82) is 0 Å². The number of aromatic nitrogens is 1. The van der Waals surface area contributed by atoms with Gasteiger partial charge in [0.1, 0.15) is 11.2 Å². The molecule has 3 nitrogen and oxygen atoms in total. The van der Waals surface area contributed by atoms with Crippen molar-refractivity contribution < 1.29 is 4.42 Å². The molecule has 2 heterocycles. The van der Waals surface area contributed by atoms with E-state index < -0.39 is 0 Å². The van der Waals surface area contributed by atoms with Crippen LogP contribution >= 0.6 is 0 Å². The van der Waals surface area contributed by atoms with Gasteiger partial charge in [0, 0.05) is 49.6 Å². The Kier molecular flexibility index (Phi) is 9.53. The van der Waals surface area contributed by atoms with Crippen LogP contribution in [0.3, 0.4) is 0 Å². The lowest BCUT2D eigenvalue weighted by molar-refractivity contribution is 0.672. The van der Waals surface area contributed by atoms with Gasteiger partial charge in [-0.05, 0) is 134 Å². The number of anilines is 3. The Morgan fingerprint density at radius 1 is 0.296 bits per heavy atom. The monoisotopic (exact) mass is 904 g/mol. The lowest BCUT2D eigenvalue weighted by Crippen LogP contribution is -2.11. The summed E-state index contributed by atoms with van der Waals surface area (Å²) in [6, 6.07) is 96.7. The molecule has 0 saturated carbocycles. The van der Waals surface area contributed by atoms with Crippen LogP contribution in [0.2, 0.25) is 0 Å². The van der Waals surface area contributed by atoms with E-state index in [0.717, 1.165) is 77.9 Å². The highest BCUT2D eigenvalue weighted by atomic mass is 16.3. The Labute approximate surface area is 411 Å². The lowest BCUT2D eigenvalue weighted by atomic mass is 9.97. The molecule has 0 atom stereocenters. The van der Waals surface area contributed by atoms with Gasteiger partial charge in [0.2, 0.25) is 0 Å². The molecule has 0 bridgehead atoms. The van der Waals surface area contributed by atoms with Gasteiger partial charge in [0.05, 0.1) is 16.7 Å². The van der Waals surface area contributed by atoms with Gasteiger partial charge in [-0.2, -0.15) is 0 Å². The van der Waals surface area contributed by atoms with E-state index in [2.05, 4.69) is 276 Å². The molecule has 71 heavy (non-hydrogen) atoms. The van der Waals surface area contributed by atoms with E-state index in [4.69, 9.17) is 4.42 Å². The molecule has 0 N–H and O–H groups in total. The summed E-state index contributed by atoms with van der Waals surface area (Å²) in [5.41, 5.74) is 17.9. The summed E-state index contributed by atoms with van der Waals surface area (Å²) in [5.74, 6) is 0. The van der Waals surface area contributed by atoms with Crippen LogP contribution in [0.4, 0.5) is 17.1 Å². The van der Waals surface area contributed by atoms with E-state index in [9.17, 15) is 0 Å². The molecule has 14 aromatic rings. The second kappa shape index (κ2) is 16.7. The van der Waals surface area contributed by atoms with Crippen LogP contribution in [0.25, 0.3) is 115 Å². The Hall–Kier alpha value is -9.44. The maximum Gasteiger partial charge on any atom is 0.143 e. The summed E-state index contributed by atoms with van der Waals surface area (Å²) < 4.78 is 8.95. The zero-order valence-electron chi connectivity index (χ0n) is 38.7. The number of para-hydroxylation sites is 3. The van der Waals surface area contributed by atoms with Crippen LogP contribution < -0.4 is 4.90 Å². The van der Waals surface area contributed by atoms with E-state index in [0.29, 0.717) is 0 Å². The maximum absolute atomic E-state index is 6.57. The highest BCUT2D eigenvalue weighted by molar-refractivity contribution is 6.16. The van der Waals surface area contributed by atoms with E-state index in [1.54, 1.807) is 0 Å². The number of benzene rings is 12. The van der Waals surface area contributed by atoms with Crippen molar-refractivity contribution in [3.63, 3.8) is 0 Å². The van der Waals surface area contributed by atoms with Gasteiger partial charge in [0.25, 0.3) is 0 Å². The third-order valence-corrected chi connectivity index (χ3v) is 14.4. The first-order valence-electron chi connectivity index (χ1n) is 24.3. The second-order valence-electron chi connectivity index (χ2n) is 18.5. The average Bonchev–Trinajstić information content (AvgIpc) is 4.00. The van der Waals surface area contributed by atoms with E-state index in [1.165, 1.54) is 54.7 Å². The van der Waals surface area contributed by atoms with E-state index in [-0.39, 0.29) is 0 Å². The van der Waals surface area contributed by atoms with Crippen LogP contribution in [0, 0.1) is 0 Å². The van der Waals surface area contributed by atoms with Crippen molar-refractivity contribution in [3.05, 3.63) is 267 Å². The predicted octanol–water partition coefficient (Wildman–Crippen LogP) is 19.1. The van der Waals surface area contributed by atoms with Gasteiger partial charge < -0.3 is 13.9 Å². The first-order chi connectivity index (χ1) is 35.2. The van der Waals surface area contributed by atoms with E-state index >= 15 is 0 Å². The highest BCUT2D eigenvalue weighted by Gasteiger charge is 2.20. The molecular weight excluding hydrogens is 861 g/mol. The minimum atomic E-state index is 0.883. The molecule has 0 aliphatic rings. The molecule has 3 heteroatoms. The highest BCUT2D eigenvalue weighted by Crippen LogP contribution is 2.44. The van der Waals surface area contributed by atoms with Gasteiger partial charge in [-0.3, -0.25) is 0 Å². The second-order valence-corrected chi connectivity index (χ2v) is 18.5. The number of furan rings is 1. The first-order valence-corrected chi connectivity index (χ1v) is 24.3. The standard InChI is InChI=1S/C68H44N2O/c1-2-14-51-42-53(29-28-45(51)12-1)48-26-24-46(25-27-48)47-30-36-55(37-31-47)69(64-21-8-5-17-58(64)54-35-41-67-63(44-54)62-40-34-50-13-3-4-18-59(50)68(62)71-67)56-38-32-49(33-39-56)52-15-11-16-57(43-52)70-65-22-9-6-19-60(65)61-20-7-10-23-66(61)70/h1-44H. The SMILES string of the molecule is c1cc(-c2ccc(N(c3ccc(-c4ccc(-c5ccc6ccccc6c5)cc4)cc3)c3ccccc3-c3ccc4oc5c6ccccc6ccc5c4c3)cc2)cc(-n2c3ccccc3c3ccccc32)c1. The molecule has 0 aliphatic heterocycles. The van der Waals surface area contributed by atoms with E-state index in [1.807, 2.05) is 0 Å². The third kappa shape index (κ3) is 6.97. The number of hydrogen-bond acceptors (Lipinski definition) is 2. The molecule has 0 amide bonds. The lowest BCUT2D eigenvalue weighted by Gasteiger charge is -2.28. The van der Waals surface area contributed by atoms with Crippen molar-refractivity contribution in [2.45, 2.75) is 0 Å². The first kappa shape index (κ1) is 40.6. The summed E-state index contributed by atoms with van der Waals surface area (Å²) in [6.45, 7) is 0. The molecule has 0 saturated heterocycles.